The van der Waals surface area contributed by atoms with Crippen molar-refractivity contribution in [2.75, 3.05) is 23.6 Å². The number of rotatable bonds is 7. The van der Waals surface area contributed by atoms with Crippen molar-refractivity contribution in [1.29, 1.82) is 0 Å². The lowest BCUT2D eigenvalue weighted by Crippen LogP contribution is -2.22. The molecule has 4 nitrogen and oxygen atoms in total. The Morgan fingerprint density at radius 2 is 1.89 bits per heavy atom. The smallest absolute Gasteiger partial charge is 0.232 e. The Bertz CT molecular complexity index is 533. The molecular weight excluding hydrogens is 274 g/mol. The van der Waals surface area contributed by atoms with Crippen molar-refractivity contribution in [3.8, 4) is 0 Å². The second kappa shape index (κ2) is 6.81. The first-order valence-electron chi connectivity index (χ1n) is 6.02. The average Bonchev–Trinajstić information content (AvgIpc) is 2.31. The molecule has 7 heteroatoms. The highest BCUT2D eigenvalue weighted by Gasteiger charge is 2.14. The van der Waals surface area contributed by atoms with Crippen LogP contribution in [-0.4, -0.2) is 27.3 Å². The minimum absolute atomic E-state index is 0.132. The van der Waals surface area contributed by atoms with Gasteiger partial charge >= 0.3 is 0 Å². The van der Waals surface area contributed by atoms with Gasteiger partial charge in [0.2, 0.25) is 10.0 Å². The Morgan fingerprint density at radius 1 is 1.21 bits per heavy atom. The van der Waals surface area contributed by atoms with Crippen molar-refractivity contribution in [3.05, 3.63) is 29.3 Å². The largest absolute Gasteiger partial charge is 0.317 e. The van der Waals surface area contributed by atoms with Crippen LogP contribution in [0.2, 0.25) is 0 Å². The molecule has 0 aromatic heterocycles. The zero-order valence-corrected chi connectivity index (χ0v) is 11.8. The molecule has 1 aromatic rings. The minimum atomic E-state index is -3.66. The second-order valence-electron chi connectivity index (χ2n) is 4.21. The van der Waals surface area contributed by atoms with E-state index >= 15 is 0 Å². The van der Waals surface area contributed by atoms with Crippen LogP contribution in [-0.2, 0) is 10.0 Å². The molecule has 2 N–H and O–H groups in total. The third-order valence-electron chi connectivity index (χ3n) is 2.53. The van der Waals surface area contributed by atoms with E-state index in [-0.39, 0.29) is 17.0 Å². The number of sulfonamides is 1. The lowest BCUT2D eigenvalue weighted by molar-refractivity contribution is 0.588. The summed E-state index contributed by atoms with van der Waals surface area (Å²) in [6.45, 7) is 4.64. The van der Waals surface area contributed by atoms with E-state index < -0.39 is 21.7 Å². The van der Waals surface area contributed by atoms with Gasteiger partial charge in [0.05, 0.1) is 11.4 Å². The summed E-state index contributed by atoms with van der Waals surface area (Å²) in [6, 6.07) is 1.82. The van der Waals surface area contributed by atoms with Gasteiger partial charge in [-0.15, -0.1) is 0 Å². The number of halogens is 2. The van der Waals surface area contributed by atoms with Crippen LogP contribution in [0, 0.1) is 18.6 Å². The Labute approximate surface area is 112 Å². The summed E-state index contributed by atoms with van der Waals surface area (Å²) in [5.74, 6) is -1.57. The van der Waals surface area contributed by atoms with Crippen LogP contribution in [0.15, 0.2) is 12.1 Å². The molecule has 0 spiro atoms. The van der Waals surface area contributed by atoms with Crippen LogP contribution < -0.4 is 10.0 Å². The minimum Gasteiger partial charge on any atom is -0.317 e. The maximum atomic E-state index is 13.5. The van der Waals surface area contributed by atoms with Crippen LogP contribution in [0.5, 0.6) is 0 Å². The highest BCUT2D eigenvalue weighted by molar-refractivity contribution is 7.92. The van der Waals surface area contributed by atoms with Crippen molar-refractivity contribution in [1.82, 2.24) is 5.32 Å². The van der Waals surface area contributed by atoms with Gasteiger partial charge in [-0.05, 0) is 38.1 Å². The van der Waals surface area contributed by atoms with E-state index in [1.165, 1.54) is 6.92 Å². The van der Waals surface area contributed by atoms with Gasteiger partial charge in [0.1, 0.15) is 11.6 Å². The molecule has 1 rings (SSSR count). The average molecular weight is 292 g/mol. The SMILES string of the molecule is CCNCCCS(=O)(=O)Nc1cc(F)c(C)cc1F. The van der Waals surface area contributed by atoms with E-state index in [2.05, 4.69) is 10.0 Å². The maximum absolute atomic E-state index is 13.5. The molecule has 0 heterocycles. The summed E-state index contributed by atoms with van der Waals surface area (Å²) in [7, 11) is -3.66. The van der Waals surface area contributed by atoms with Crippen molar-refractivity contribution in [3.63, 3.8) is 0 Å². The molecule has 1 aromatic carbocycles. The molecule has 0 atom stereocenters. The summed E-state index contributed by atoms with van der Waals surface area (Å²) in [4.78, 5) is 0. The van der Waals surface area contributed by atoms with Crippen LogP contribution >= 0.6 is 0 Å². The van der Waals surface area contributed by atoms with Gasteiger partial charge in [-0.1, -0.05) is 6.92 Å². The van der Waals surface area contributed by atoms with Crippen molar-refractivity contribution in [2.24, 2.45) is 0 Å². The predicted octanol–water partition coefficient (Wildman–Crippen LogP) is 2.01. The molecule has 0 unspecified atom stereocenters. The highest BCUT2D eigenvalue weighted by Crippen LogP contribution is 2.20. The fourth-order valence-corrected chi connectivity index (χ4v) is 2.62. The first-order valence-corrected chi connectivity index (χ1v) is 7.68. The second-order valence-corrected chi connectivity index (χ2v) is 6.05. The van der Waals surface area contributed by atoms with Gasteiger partial charge in [-0.3, -0.25) is 4.72 Å². The molecular formula is C12H18F2N2O2S. The lowest BCUT2D eigenvalue weighted by Gasteiger charge is -2.10. The van der Waals surface area contributed by atoms with Gasteiger partial charge in [-0.25, -0.2) is 17.2 Å². The predicted molar refractivity (Wildman–Crippen MR) is 71.7 cm³/mol. The highest BCUT2D eigenvalue weighted by atomic mass is 32.2. The van der Waals surface area contributed by atoms with E-state index in [0.717, 1.165) is 18.7 Å². The Balaban J connectivity index is 2.70. The monoisotopic (exact) mass is 292 g/mol. The Morgan fingerprint density at radius 3 is 2.53 bits per heavy atom. The number of benzene rings is 1. The van der Waals surface area contributed by atoms with Crippen LogP contribution in [0.1, 0.15) is 18.9 Å². The maximum Gasteiger partial charge on any atom is 0.232 e. The van der Waals surface area contributed by atoms with E-state index in [4.69, 9.17) is 0 Å². The number of hydrogen-bond acceptors (Lipinski definition) is 3. The van der Waals surface area contributed by atoms with Gasteiger partial charge < -0.3 is 5.32 Å². The van der Waals surface area contributed by atoms with E-state index in [9.17, 15) is 17.2 Å². The molecule has 0 aliphatic rings. The Kier molecular flexibility index (Phi) is 5.68. The summed E-state index contributed by atoms with van der Waals surface area (Å²) >= 11 is 0. The lowest BCUT2D eigenvalue weighted by atomic mass is 10.2. The van der Waals surface area contributed by atoms with Gasteiger partial charge in [0, 0.05) is 6.07 Å². The Hall–Kier alpha value is -1.21. The number of nitrogens with one attached hydrogen (secondary N) is 2. The fraction of sp³-hybridized carbons (Fsp3) is 0.500. The van der Waals surface area contributed by atoms with E-state index in [1.54, 1.807) is 0 Å². The normalized spacial score (nSPS) is 11.6. The molecule has 108 valence electrons. The van der Waals surface area contributed by atoms with E-state index in [0.29, 0.717) is 13.0 Å². The van der Waals surface area contributed by atoms with Gasteiger partial charge in [-0.2, -0.15) is 0 Å². The number of hydrogen-bond donors (Lipinski definition) is 2. The van der Waals surface area contributed by atoms with Crippen molar-refractivity contribution < 1.29 is 17.2 Å². The van der Waals surface area contributed by atoms with Crippen molar-refractivity contribution in [2.45, 2.75) is 20.3 Å². The third-order valence-corrected chi connectivity index (χ3v) is 3.89. The first-order chi connectivity index (χ1) is 8.85. The van der Waals surface area contributed by atoms with Crippen molar-refractivity contribution >= 4 is 15.7 Å². The number of aryl methyl sites for hydroxylation is 1. The zero-order chi connectivity index (χ0) is 14.5. The third kappa shape index (κ3) is 5.12. The molecule has 0 radical (unpaired) electrons. The molecule has 0 saturated heterocycles. The standard InChI is InChI=1S/C12H18F2N2O2S/c1-3-15-5-4-6-19(17,18)16-12-8-10(13)9(2)7-11(12)14/h7-8,15-16H,3-6H2,1-2H3. The summed E-state index contributed by atoms with van der Waals surface area (Å²) < 4.78 is 52.2. The molecule has 19 heavy (non-hydrogen) atoms. The first kappa shape index (κ1) is 15.8. The summed E-state index contributed by atoms with van der Waals surface area (Å²) in [5, 5.41) is 2.99. The van der Waals surface area contributed by atoms with E-state index in [1.807, 2.05) is 6.92 Å². The van der Waals surface area contributed by atoms with Crippen LogP contribution in [0.25, 0.3) is 0 Å². The molecule has 0 amide bonds. The van der Waals surface area contributed by atoms with Gasteiger partial charge in [0.15, 0.2) is 0 Å². The summed E-state index contributed by atoms with van der Waals surface area (Å²) in [5.41, 5.74) is -0.223. The van der Waals surface area contributed by atoms with Crippen LogP contribution in [0.3, 0.4) is 0 Å². The molecule has 0 aliphatic carbocycles. The molecule has 0 aliphatic heterocycles. The number of anilines is 1. The zero-order valence-electron chi connectivity index (χ0n) is 11.0. The summed E-state index contributed by atoms with van der Waals surface area (Å²) in [6.07, 6.45) is 0.402. The van der Waals surface area contributed by atoms with Gasteiger partial charge in [0.25, 0.3) is 0 Å². The van der Waals surface area contributed by atoms with Crippen LogP contribution in [0.4, 0.5) is 14.5 Å². The molecule has 0 fully saturated rings. The molecule has 0 saturated carbocycles. The quantitative estimate of drug-likeness (QED) is 0.756. The fourth-order valence-electron chi connectivity index (χ4n) is 1.51. The molecule has 0 bridgehead atoms. The topological polar surface area (TPSA) is 58.2 Å².